The molecule has 0 spiro atoms. The molecule has 1 aromatic carbocycles. The summed E-state index contributed by atoms with van der Waals surface area (Å²) in [5, 5.41) is 3.51. The van der Waals surface area contributed by atoms with Crippen LogP contribution in [0.4, 0.5) is 5.00 Å². The summed E-state index contributed by atoms with van der Waals surface area (Å²) in [7, 11) is 0. The second-order valence-electron chi connectivity index (χ2n) is 7.89. The van der Waals surface area contributed by atoms with Gasteiger partial charge in [0.15, 0.2) is 0 Å². The van der Waals surface area contributed by atoms with Crippen LogP contribution in [0.5, 0.6) is 5.75 Å². The van der Waals surface area contributed by atoms with Crippen molar-refractivity contribution in [2.45, 2.75) is 59.7 Å². The maximum Gasteiger partial charge on any atom is 0.341 e. The Labute approximate surface area is 182 Å². The minimum absolute atomic E-state index is 0.0691. The van der Waals surface area contributed by atoms with Crippen LogP contribution >= 0.6 is 11.3 Å². The fourth-order valence-electron chi connectivity index (χ4n) is 3.50. The highest BCUT2D eigenvalue weighted by Crippen LogP contribution is 2.38. The summed E-state index contributed by atoms with van der Waals surface area (Å²) < 4.78 is 10.9. The van der Waals surface area contributed by atoms with E-state index < -0.39 is 0 Å². The van der Waals surface area contributed by atoms with Crippen molar-refractivity contribution >= 4 is 28.2 Å². The maximum atomic E-state index is 12.9. The first-order valence-corrected chi connectivity index (χ1v) is 11.3. The van der Waals surface area contributed by atoms with Gasteiger partial charge in [-0.3, -0.25) is 9.69 Å². The summed E-state index contributed by atoms with van der Waals surface area (Å²) in [4.78, 5) is 29.0. The summed E-state index contributed by atoms with van der Waals surface area (Å²) in [5.74, 6) is 0.0917. The van der Waals surface area contributed by atoms with E-state index in [0.717, 1.165) is 30.0 Å². The molecule has 2 heterocycles. The number of ether oxygens (including phenoxy) is 2. The fraction of sp³-hybridized carbons (Fsp3) is 0.478. The van der Waals surface area contributed by atoms with Crippen LogP contribution < -0.4 is 10.1 Å². The quantitative estimate of drug-likeness (QED) is 0.643. The molecule has 0 bridgehead atoms. The van der Waals surface area contributed by atoms with Crippen molar-refractivity contribution < 1.29 is 19.1 Å². The molecule has 0 saturated carbocycles. The molecule has 0 unspecified atom stereocenters. The lowest BCUT2D eigenvalue weighted by Crippen LogP contribution is -2.35. The number of anilines is 1. The van der Waals surface area contributed by atoms with E-state index in [0.29, 0.717) is 34.5 Å². The number of nitrogens with one attached hydrogen (secondary N) is 1. The summed E-state index contributed by atoms with van der Waals surface area (Å²) in [6.45, 7) is 12.0. The smallest absolute Gasteiger partial charge is 0.341 e. The number of benzene rings is 1. The van der Waals surface area contributed by atoms with Crippen LogP contribution in [0.15, 0.2) is 24.3 Å². The third-order valence-electron chi connectivity index (χ3n) is 5.01. The van der Waals surface area contributed by atoms with Crippen LogP contribution in [0.3, 0.4) is 0 Å². The second-order valence-corrected chi connectivity index (χ2v) is 8.99. The highest BCUT2D eigenvalue weighted by Gasteiger charge is 2.30. The van der Waals surface area contributed by atoms with E-state index in [4.69, 9.17) is 9.47 Å². The summed E-state index contributed by atoms with van der Waals surface area (Å²) in [5.41, 5.74) is 2.02. The summed E-state index contributed by atoms with van der Waals surface area (Å²) in [6, 6.07) is 7.44. The second kappa shape index (κ2) is 9.62. The first-order chi connectivity index (χ1) is 14.3. The Morgan fingerprint density at radius 2 is 1.87 bits per heavy atom. The number of carbonyl (C=O) groups is 2. The molecule has 0 aliphatic carbocycles. The number of fused-ring (bicyclic) bond motifs is 1. The molecule has 1 aromatic heterocycles. The van der Waals surface area contributed by atoms with E-state index in [-0.39, 0.29) is 18.0 Å². The third kappa shape index (κ3) is 5.02. The van der Waals surface area contributed by atoms with Crippen LogP contribution in [0.1, 0.15) is 65.8 Å². The zero-order valence-corrected chi connectivity index (χ0v) is 19.1. The van der Waals surface area contributed by atoms with E-state index in [2.05, 4.69) is 24.1 Å². The van der Waals surface area contributed by atoms with E-state index in [1.54, 1.807) is 31.2 Å². The molecule has 0 saturated heterocycles. The molecule has 1 N–H and O–H groups in total. The van der Waals surface area contributed by atoms with E-state index in [1.807, 2.05) is 13.8 Å². The highest BCUT2D eigenvalue weighted by atomic mass is 32.1. The van der Waals surface area contributed by atoms with E-state index >= 15 is 0 Å². The van der Waals surface area contributed by atoms with Crippen molar-refractivity contribution in [3.63, 3.8) is 0 Å². The van der Waals surface area contributed by atoms with Gasteiger partial charge in [-0.1, -0.05) is 0 Å². The Bertz CT molecular complexity index is 903. The Morgan fingerprint density at radius 1 is 1.17 bits per heavy atom. The minimum Gasteiger partial charge on any atom is -0.491 e. The maximum absolute atomic E-state index is 12.9. The van der Waals surface area contributed by atoms with E-state index in [1.165, 1.54) is 11.3 Å². The zero-order valence-electron chi connectivity index (χ0n) is 18.3. The third-order valence-corrected chi connectivity index (χ3v) is 6.14. The highest BCUT2D eigenvalue weighted by molar-refractivity contribution is 7.17. The Kier molecular flexibility index (Phi) is 7.15. The van der Waals surface area contributed by atoms with Crippen LogP contribution in [0.25, 0.3) is 0 Å². The van der Waals surface area contributed by atoms with Gasteiger partial charge < -0.3 is 14.8 Å². The van der Waals surface area contributed by atoms with Gasteiger partial charge in [0.25, 0.3) is 5.91 Å². The average molecular weight is 431 g/mol. The van der Waals surface area contributed by atoms with Gasteiger partial charge in [0, 0.05) is 29.6 Å². The molecule has 0 atom stereocenters. The van der Waals surface area contributed by atoms with Crippen molar-refractivity contribution in [3.8, 4) is 5.75 Å². The van der Waals surface area contributed by atoms with Crippen molar-refractivity contribution in [1.29, 1.82) is 0 Å². The molecule has 30 heavy (non-hydrogen) atoms. The lowest BCUT2D eigenvalue weighted by Gasteiger charge is -2.30. The van der Waals surface area contributed by atoms with Crippen LogP contribution in [-0.2, 0) is 17.7 Å². The van der Waals surface area contributed by atoms with E-state index in [9.17, 15) is 9.59 Å². The molecule has 1 aliphatic heterocycles. The molecule has 0 fully saturated rings. The van der Waals surface area contributed by atoms with Gasteiger partial charge >= 0.3 is 5.97 Å². The lowest BCUT2D eigenvalue weighted by molar-refractivity contribution is 0.0526. The Balaban J connectivity index is 1.85. The number of thiophene rings is 1. The molecule has 3 rings (SSSR count). The van der Waals surface area contributed by atoms with Crippen molar-refractivity contribution in [3.05, 3.63) is 45.8 Å². The predicted molar refractivity (Wildman–Crippen MR) is 120 cm³/mol. The Morgan fingerprint density at radius 3 is 2.47 bits per heavy atom. The Hall–Kier alpha value is -2.38. The van der Waals surface area contributed by atoms with Gasteiger partial charge in [-0.05, 0) is 70.9 Å². The van der Waals surface area contributed by atoms with Gasteiger partial charge in [0.05, 0.1) is 18.3 Å². The molecule has 162 valence electrons. The standard InChI is InChI=1S/C23H30N2O4S/c1-6-28-23(27)20-18-11-12-25(14(2)3)13-19(18)30-22(20)24-21(26)16-7-9-17(10-8-16)29-15(4)5/h7-10,14-15H,6,11-13H2,1-5H3,(H,24,26). The van der Waals surface area contributed by atoms with Crippen LogP contribution in [0, 0.1) is 0 Å². The molecule has 7 heteroatoms. The predicted octanol–water partition coefficient (Wildman–Crippen LogP) is 4.73. The first-order valence-electron chi connectivity index (χ1n) is 10.4. The fourth-order valence-corrected chi connectivity index (χ4v) is 4.76. The monoisotopic (exact) mass is 430 g/mol. The van der Waals surface area contributed by atoms with Crippen molar-refractivity contribution in [1.82, 2.24) is 4.90 Å². The number of carbonyl (C=O) groups excluding carboxylic acids is 2. The zero-order chi connectivity index (χ0) is 21.8. The lowest BCUT2D eigenvalue weighted by atomic mass is 10.0. The molecular weight excluding hydrogens is 400 g/mol. The van der Waals surface area contributed by atoms with Crippen LogP contribution in [-0.4, -0.2) is 42.1 Å². The van der Waals surface area contributed by atoms with Gasteiger partial charge in [-0.25, -0.2) is 4.79 Å². The number of rotatable bonds is 7. The van der Waals surface area contributed by atoms with Gasteiger partial charge in [0.1, 0.15) is 10.8 Å². The normalized spacial score (nSPS) is 14.0. The van der Waals surface area contributed by atoms with Crippen molar-refractivity contribution in [2.24, 2.45) is 0 Å². The molecule has 2 aromatic rings. The molecule has 6 nitrogen and oxygen atoms in total. The molecule has 1 aliphatic rings. The summed E-state index contributed by atoms with van der Waals surface area (Å²) in [6.07, 6.45) is 0.842. The van der Waals surface area contributed by atoms with Gasteiger partial charge in [-0.2, -0.15) is 0 Å². The number of nitrogens with zero attached hydrogens (tertiary/aromatic N) is 1. The average Bonchev–Trinajstić information content (AvgIpc) is 3.05. The largest absolute Gasteiger partial charge is 0.491 e. The summed E-state index contributed by atoms with van der Waals surface area (Å²) >= 11 is 1.47. The minimum atomic E-state index is -0.371. The first kappa shape index (κ1) is 22.3. The molecule has 0 radical (unpaired) electrons. The van der Waals surface area contributed by atoms with Crippen LogP contribution in [0.2, 0.25) is 0 Å². The number of esters is 1. The van der Waals surface area contributed by atoms with Gasteiger partial charge in [-0.15, -0.1) is 11.3 Å². The number of amides is 1. The topological polar surface area (TPSA) is 67.9 Å². The number of hydrogen-bond donors (Lipinski definition) is 1. The van der Waals surface area contributed by atoms with Crippen molar-refractivity contribution in [2.75, 3.05) is 18.5 Å². The molecule has 1 amide bonds. The number of hydrogen-bond acceptors (Lipinski definition) is 6. The SMILES string of the molecule is CCOC(=O)c1c(NC(=O)c2ccc(OC(C)C)cc2)sc2c1CCN(C(C)C)C2. The molecular formula is C23H30N2O4S. The van der Waals surface area contributed by atoms with Gasteiger partial charge in [0.2, 0.25) is 0 Å².